The predicted octanol–water partition coefficient (Wildman–Crippen LogP) is -0.227. The van der Waals surface area contributed by atoms with Crippen molar-refractivity contribution in [3.63, 3.8) is 0 Å². The second-order valence-electron chi connectivity index (χ2n) is 5.73. The molecule has 2 heterocycles. The van der Waals surface area contributed by atoms with Gasteiger partial charge >= 0.3 is 5.69 Å². The maximum Gasteiger partial charge on any atom is 0.350 e. The molecule has 0 radical (unpaired) electrons. The van der Waals surface area contributed by atoms with Crippen molar-refractivity contribution in [1.29, 1.82) is 0 Å². The van der Waals surface area contributed by atoms with E-state index >= 15 is 0 Å². The molecule has 0 aliphatic heterocycles. The van der Waals surface area contributed by atoms with Gasteiger partial charge in [0.2, 0.25) is 11.8 Å². The number of hydrogen-bond donors (Lipinski definition) is 2. The largest absolute Gasteiger partial charge is 0.357 e. The lowest BCUT2D eigenvalue weighted by atomic mass is 10.0. The van der Waals surface area contributed by atoms with E-state index in [4.69, 9.17) is 0 Å². The van der Waals surface area contributed by atoms with E-state index in [1.165, 1.54) is 11.4 Å². The number of carbonyl (C=O) groups excluding carboxylic acids is 2. The first-order valence-corrected chi connectivity index (χ1v) is 7.47. The molecule has 0 fully saturated rings. The molecule has 2 rings (SSSR count). The third-order valence-corrected chi connectivity index (χ3v) is 3.39. The lowest BCUT2D eigenvalue weighted by Crippen LogP contribution is -2.48. The number of fused-ring (bicyclic) bond motifs is 1. The van der Waals surface area contributed by atoms with Crippen molar-refractivity contribution in [1.82, 2.24) is 24.8 Å². The number of aromatic nitrogens is 3. The molecule has 8 nitrogen and oxygen atoms in total. The third-order valence-electron chi connectivity index (χ3n) is 3.39. The van der Waals surface area contributed by atoms with Crippen LogP contribution >= 0.6 is 0 Å². The molecule has 0 spiro atoms. The summed E-state index contributed by atoms with van der Waals surface area (Å²) >= 11 is 0. The third kappa shape index (κ3) is 3.97. The van der Waals surface area contributed by atoms with E-state index in [-0.39, 0.29) is 18.4 Å². The Balaban J connectivity index is 2.12. The van der Waals surface area contributed by atoms with Gasteiger partial charge < -0.3 is 10.6 Å². The molecule has 0 aliphatic carbocycles. The fraction of sp³-hybridized carbons (Fsp3) is 0.467. The number of hydrogen-bond acceptors (Lipinski definition) is 4. The SMILES string of the molecule is CNC(=O)[C@@H](CC(C)C)NC(=O)Cn1nc2ccccn2c1=O. The molecular formula is C15H21N5O3. The van der Waals surface area contributed by atoms with Crippen LogP contribution in [-0.4, -0.2) is 39.1 Å². The average molecular weight is 319 g/mol. The first-order chi connectivity index (χ1) is 10.9. The lowest BCUT2D eigenvalue weighted by molar-refractivity contribution is -0.129. The fourth-order valence-corrected chi connectivity index (χ4v) is 2.32. The van der Waals surface area contributed by atoms with E-state index in [2.05, 4.69) is 15.7 Å². The summed E-state index contributed by atoms with van der Waals surface area (Å²) in [5, 5.41) is 9.28. The van der Waals surface area contributed by atoms with Crippen molar-refractivity contribution in [2.75, 3.05) is 7.05 Å². The van der Waals surface area contributed by atoms with Crippen LogP contribution in [0.15, 0.2) is 29.2 Å². The number of rotatable bonds is 6. The van der Waals surface area contributed by atoms with Gasteiger partial charge in [-0.25, -0.2) is 9.48 Å². The van der Waals surface area contributed by atoms with Gasteiger partial charge in [-0.05, 0) is 24.5 Å². The van der Waals surface area contributed by atoms with Crippen LogP contribution in [0.4, 0.5) is 0 Å². The van der Waals surface area contributed by atoms with E-state index in [0.29, 0.717) is 12.1 Å². The maximum absolute atomic E-state index is 12.2. The molecule has 0 aliphatic rings. The molecule has 2 N–H and O–H groups in total. The van der Waals surface area contributed by atoms with E-state index in [1.807, 2.05) is 13.8 Å². The summed E-state index contributed by atoms with van der Waals surface area (Å²) in [6, 6.07) is 4.53. The number of nitrogens with zero attached hydrogens (tertiary/aromatic N) is 3. The van der Waals surface area contributed by atoms with Gasteiger partial charge in [0.15, 0.2) is 5.65 Å². The maximum atomic E-state index is 12.2. The van der Waals surface area contributed by atoms with Crippen LogP contribution in [-0.2, 0) is 16.1 Å². The van der Waals surface area contributed by atoms with Crippen LogP contribution in [0.3, 0.4) is 0 Å². The fourth-order valence-electron chi connectivity index (χ4n) is 2.32. The number of nitrogens with one attached hydrogen (secondary N) is 2. The lowest BCUT2D eigenvalue weighted by Gasteiger charge is -2.18. The van der Waals surface area contributed by atoms with Gasteiger partial charge in [-0.1, -0.05) is 19.9 Å². The Bertz CT molecular complexity index is 762. The molecule has 2 amide bonds. The zero-order valence-electron chi connectivity index (χ0n) is 13.4. The summed E-state index contributed by atoms with van der Waals surface area (Å²) in [5.41, 5.74) is 0.0754. The summed E-state index contributed by atoms with van der Waals surface area (Å²) in [6.45, 7) is 3.70. The highest BCUT2D eigenvalue weighted by Gasteiger charge is 2.21. The molecule has 8 heteroatoms. The first kappa shape index (κ1) is 16.7. The molecule has 0 aromatic carbocycles. The Morgan fingerprint density at radius 3 is 2.65 bits per heavy atom. The summed E-state index contributed by atoms with van der Waals surface area (Å²) in [5.74, 6) is -0.435. The van der Waals surface area contributed by atoms with E-state index in [1.54, 1.807) is 24.4 Å². The molecule has 124 valence electrons. The Morgan fingerprint density at radius 2 is 2.04 bits per heavy atom. The Morgan fingerprint density at radius 1 is 1.30 bits per heavy atom. The minimum atomic E-state index is -0.625. The predicted molar refractivity (Wildman–Crippen MR) is 84.9 cm³/mol. The van der Waals surface area contributed by atoms with Crippen LogP contribution in [0.1, 0.15) is 20.3 Å². The molecule has 0 saturated carbocycles. The van der Waals surface area contributed by atoms with Gasteiger partial charge in [-0.2, -0.15) is 0 Å². The van der Waals surface area contributed by atoms with Gasteiger partial charge in [-0.3, -0.25) is 14.0 Å². The quantitative estimate of drug-likeness (QED) is 0.769. The molecule has 0 saturated heterocycles. The topological polar surface area (TPSA) is 97.5 Å². The van der Waals surface area contributed by atoms with Crippen molar-refractivity contribution in [2.24, 2.45) is 5.92 Å². The molecule has 0 bridgehead atoms. The second kappa shape index (κ2) is 7.08. The van der Waals surface area contributed by atoms with Gasteiger partial charge in [0.25, 0.3) is 0 Å². The Hall–Kier alpha value is -2.64. The normalized spacial score (nSPS) is 12.3. The summed E-state index contributed by atoms with van der Waals surface area (Å²) < 4.78 is 2.44. The van der Waals surface area contributed by atoms with E-state index in [9.17, 15) is 14.4 Å². The molecular weight excluding hydrogens is 298 g/mol. The zero-order valence-corrected chi connectivity index (χ0v) is 13.4. The van der Waals surface area contributed by atoms with Crippen LogP contribution in [0.5, 0.6) is 0 Å². The molecule has 0 unspecified atom stereocenters. The highest BCUT2D eigenvalue weighted by atomic mass is 16.2. The number of pyridine rings is 1. The average Bonchev–Trinajstić information content (AvgIpc) is 2.82. The van der Waals surface area contributed by atoms with Gasteiger partial charge in [0.1, 0.15) is 12.6 Å². The molecule has 2 aromatic rings. The standard InChI is InChI=1S/C15H21N5O3/c1-10(2)8-11(14(22)16-3)17-13(21)9-20-15(23)19-7-5-4-6-12(19)18-20/h4-7,10-11H,8-9H2,1-3H3,(H,16,22)(H,17,21)/t11-/m1/s1. The highest BCUT2D eigenvalue weighted by Crippen LogP contribution is 2.05. The number of carbonyl (C=O) groups is 2. The highest BCUT2D eigenvalue weighted by molar-refractivity contribution is 5.87. The monoisotopic (exact) mass is 319 g/mol. The van der Waals surface area contributed by atoms with Crippen molar-refractivity contribution in [3.8, 4) is 0 Å². The Kier molecular flexibility index (Phi) is 5.15. The van der Waals surface area contributed by atoms with Crippen LogP contribution in [0, 0.1) is 5.92 Å². The molecule has 2 aromatic heterocycles. The van der Waals surface area contributed by atoms with E-state index in [0.717, 1.165) is 4.68 Å². The van der Waals surface area contributed by atoms with Gasteiger partial charge in [0, 0.05) is 13.2 Å². The van der Waals surface area contributed by atoms with Crippen LogP contribution < -0.4 is 16.3 Å². The van der Waals surface area contributed by atoms with Crippen molar-refractivity contribution in [3.05, 3.63) is 34.9 Å². The summed E-state index contributed by atoms with van der Waals surface area (Å²) in [7, 11) is 1.52. The minimum Gasteiger partial charge on any atom is -0.357 e. The van der Waals surface area contributed by atoms with Crippen LogP contribution in [0.2, 0.25) is 0 Å². The van der Waals surface area contributed by atoms with Crippen LogP contribution in [0.25, 0.3) is 5.65 Å². The van der Waals surface area contributed by atoms with Gasteiger partial charge in [-0.15, -0.1) is 5.10 Å². The minimum absolute atomic E-state index is 0.230. The number of amides is 2. The smallest absolute Gasteiger partial charge is 0.350 e. The Labute approximate surface area is 133 Å². The zero-order chi connectivity index (χ0) is 17.0. The summed E-state index contributed by atoms with van der Waals surface area (Å²) in [4.78, 5) is 36.1. The van der Waals surface area contributed by atoms with Crippen molar-refractivity contribution < 1.29 is 9.59 Å². The van der Waals surface area contributed by atoms with Crippen molar-refractivity contribution >= 4 is 17.5 Å². The van der Waals surface area contributed by atoms with E-state index < -0.39 is 17.6 Å². The molecule has 23 heavy (non-hydrogen) atoms. The summed E-state index contributed by atoms with van der Waals surface area (Å²) in [6.07, 6.45) is 2.11. The van der Waals surface area contributed by atoms with Gasteiger partial charge in [0.05, 0.1) is 0 Å². The second-order valence-corrected chi connectivity index (χ2v) is 5.73. The first-order valence-electron chi connectivity index (χ1n) is 7.47. The molecule has 1 atom stereocenters. The van der Waals surface area contributed by atoms with Crippen molar-refractivity contribution in [2.45, 2.75) is 32.9 Å². The number of likely N-dealkylation sites (N-methyl/N-ethyl adjacent to an activating group) is 1.